The Morgan fingerprint density at radius 1 is 1.43 bits per heavy atom. The number of hydrogen-bond acceptors (Lipinski definition) is 2. The SMILES string of the molecule is N#CC1[C@@H](CCC2(Cl)CC2)CC[C@H]1O. The van der Waals surface area contributed by atoms with Crippen LogP contribution in [0.2, 0.25) is 0 Å². The fraction of sp³-hybridized carbons (Fsp3) is 0.909. The van der Waals surface area contributed by atoms with Crippen molar-refractivity contribution < 1.29 is 5.11 Å². The minimum absolute atomic E-state index is 0.0630. The Labute approximate surface area is 89.9 Å². The van der Waals surface area contributed by atoms with Gasteiger partial charge in [0.1, 0.15) is 0 Å². The standard InChI is InChI=1S/C11H16ClNO/c12-11(5-6-11)4-3-8-1-2-10(14)9(8)7-13/h8-10,14H,1-6H2/t8-,9?,10-/m1/s1. The van der Waals surface area contributed by atoms with Crippen molar-refractivity contribution in [2.75, 3.05) is 0 Å². The highest BCUT2D eigenvalue weighted by atomic mass is 35.5. The fourth-order valence-electron chi connectivity index (χ4n) is 2.40. The number of aliphatic hydroxyl groups excluding tert-OH is 1. The van der Waals surface area contributed by atoms with Crippen LogP contribution in [0.15, 0.2) is 0 Å². The van der Waals surface area contributed by atoms with E-state index in [1.807, 2.05) is 0 Å². The third kappa shape index (κ3) is 2.04. The lowest BCUT2D eigenvalue weighted by Gasteiger charge is -2.16. The van der Waals surface area contributed by atoms with Crippen LogP contribution in [0.1, 0.15) is 38.5 Å². The van der Waals surface area contributed by atoms with Gasteiger partial charge in [-0.15, -0.1) is 11.6 Å². The van der Waals surface area contributed by atoms with Crippen LogP contribution in [0.3, 0.4) is 0 Å². The molecular weight excluding hydrogens is 198 g/mol. The molecule has 0 aromatic carbocycles. The first kappa shape index (κ1) is 10.3. The fourth-order valence-corrected chi connectivity index (χ4v) is 2.61. The molecule has 0 radical (unpaired) electrons. The van der Waals surface area contributed by atoms with Crippen molar-refractivity contribution in [3.8, 4) is 6.07 Å². The molecule has 14 heavy (non-hydrogen) atoms. The number of aliphatic hydroxyl groups is 1. The Kier molecular flexibility index (Phi) is 2.72. The molecule has 2 rings (SSSR count). The van der Waals surface area contributed by atoms with Gasteiger partial charge in [0.2, 0.25) is 0 Å². The van der Waals surface area contributed by atoms with E-state index in [1.165, 1.54) is 0 Å². The molecular formula is C11H16ClNO. The van der Waals surface area contributed by atoms with Crippen LogP contribution in [0, 0.1) is 23.2 Å². The minimum atomic E-state index is -0.393. The summed E-state index contributed by atoms with van der Waals surface area (Å²) in [5.41, 5.74) is 0. The lowest BCUT2D eigenvalue weighted by atomic mass is 9.91. The zero-order valence-electron chi connectivity index (χ0n) is 8.25. The molecule has 0 amide bonds. The van der Waals surface area contributed by atoms with Gasteiger partial charge in [-0.3, -0.25) is 0 Å². The Morgan fingerprint density at radius 2 is 2.14 bits per heavy atom. The van der Waals surface area contributed by atoms with Crippen molar-refractivity contribution in [2.24, 2.45) is 11.8 Å². The van der Waals surface area contributed by atoms with Gasteiger partial charge in [-0.1, -0.05) is 0 Å². The molecule has 0 saturated heterocycles. The summed E-state index contributed by atoms with van der Waals surface area (Å²) in [5.74, 6) is 0.236. The minimum Gasteiger partial charge on any atom is -0.392 e. The maximum atomic E-state index is 9.55. The van der Waals surface area contributed by atoms with Crippen LogP contribution in [0.4, 0.5) is 0 Å². The van der Waals surface area contributed by atoms with Gasteiger partial charge in [0.05, 0.1) is 18.1 Å². The molecule has 2 fully saturated rings. The van der Waals surface area contributed by atoms with Crippen molar-refractivity contribution in [1.29, 1.82) is 5.26 Å². The van der Waals surface area contributed by atoms with Crippen molar-refractivity contribution in [2.45, 2.75) is 49.5 Å². The molecule has 0 aromatic rings. The van der Waals surface area contributed by atoms with Gasteiger partial charge < -0.3 is 5.11 Å². The molecule has 2 nitrogen and oxygen atoms in total. The smallest absolute Gasteiger partial charge is 0.0750 e. The normalized spacial score (nSPS) is 39.4. The molecule has 0 heterocycles. The summed E-state index contributed by atoms with van der Waals surface area (Å²) in [7, 11) is 0. The average molecular weight is 214 g/mol. The van der Waals surface area contributed by atoms with Crippen molar-refractivity contribution in [1.82, 2.24) is 0 Å². The van der Waals surface area contributed by atoms with Gasteiger partial charge in [0.15, 0.2) is 0 Å². The van der Waals surface area contributed by atoms with E-state index in [9.17, 15) is 5.11 Å². The summed E-state index contributed by atoms with van der Waals surface area (Å²) in [6.07, 6.45) is 5.67. The van der Waals surface area contributed by atoms with E-state index < -0.39 is 6.10 Å². The Morgan fingerprint density at radius 3 is 2.71 bits per heavy atom. The van der Waals surface area contributed by atoms with Crippen LogP contribution in [0.25, 0.3) is 0 Å². The van der Waals surface area contributed by atoms with E-state index in [2.05, 4.69) is 6.07 Å². The number of hydrogen-bond donors (Lipinski definition) is 1. The first-order valence-corrected chi connectivity index (χ1v) is 5.79. The van der Waals surface area contributed by atoms with Crippen LogP contribution in [-0.4, -0.2) is 16.1 Å². The highest BCUT2D eigenvalue weighted by Gasteiger charge is 2.42. The number of rotatable bonds is 3. The van der Waals surface area contributed by atoms with E-state index in [0.717, 1.165) is 38.5 Å². The third-order valence-corrected chi connectivity index (χ3v) is 4.23. The van der Waals surface area contributed by atoms with Gasteiger partial charge in [0, 0.05) is 4.87 Å². The second-order valence-electron chi connectivity index (χ2n) is 4.75. The number of nitriles is 1. The summed E-state index contributed by atoms with van der Waals surface area (Å²) < 4.78 is 0. The van der Waals surface area contributed by atoms with Gasteiger partial charge in [-0.05, 0) is 44.4 Å². The second-order valence-corrected chi connectivity index (χ2v) is 5.55. The van der Waals surface area contributed by atoms with E-state index >= 15 is 0 Å². The highest BCUT2D eigenvalue weighted by molar-refractivity contribution is 6.25. The largest absolute Gasteiger partial charge is 0.392 e. The van der Waals surface area contributed by atoms with Gasteiger partial charge in [-0.25, -0.2) is 0 Å². The molecule has 1 N–H and O–H groups in total. The lowest BCUT2D eigenvalue weighted by Crippen LogP contribution is -2.18. The quantitative estimate of drug-likeness (QED) is 0.732. The molecule has 2 aliphatic rings. The zero-order chi connectivity index (χ0) is 10.2. The summed E-state index contributed by atoms with van der Waals surface area (Å²) in [5, 5.41) is 18.5. The zero-order valence-corrected chi connectivity index (χ0v) is 9.00. The molecule has 3 heteroatoms. The molecule has 78 valence electrons. The molecule has 3 atom stereocenters. The van der Waals surface area contributed by atoms with Crippen LogP contribution in [0.5, 0.6) is 0 Å². The summed E-state index contributed by atoms with van der Waals surface area (Å²) >= 11 is 6.20. The number of halogens is 1. The second kappa shape index (κ2) is 3.72. The van der Waals surface area contributed by atoms with Gasteiger partial charge in [-0.2, -0.15) is 5.26 Å². The highest BCUT2D eigenvalue weighted by Crippen LogP contribution is 2.48. The van der Waals surface area contributed by atoms with Crippen LogP contribution >= 0.6 is 11.6 Å². The predicted octanol–water partition coefficient (Wildman–Crippen LogP) is 2.45. The van der Waals surface area contributed by atoms with E-state index in [1.54, 1.807) is 0 Å². The molecule has 0 spiro atoms. The van der Waals surface area contributed by atoms with Crippen LogP contribution in [-0.2, 0) is 0 Å². The average Bonchev–Trinajstić information content (AvgIpc) is 2.78. The van der Waals surface area contributed by atoms with Crippen molar-refractivity contribution >= 4 is 11.6 Å². The molecule has 2 aliphatic carbocycles. The Balaban J connectivity index is 1.83. The monoisotopic (exact) mass is 213 g/mol. The molecule has 0 aromatic heterocycles. The Hall–Kier alpha value is -0.260. The topological polar surface area (TPSA) is 44.0 Å². The number of alkyl halides is 1. The first-order chi connectivity index (χ1) is 6.64. The van der Waals surface area contributed by atoms with E-state index in [0.29, 0.717) is 5.92 Å². The first-order valence-electron chi connectivity index (χ1n) is 5.41. The van der Waals surface area contributed by atoms with Crippen molar-refractivity contribution in [3.05, 3.63) is 0 Å². The number of nitrogens with zero attached hydrogens (tertiary/aromatic N) is 1. The van der Waals surface area contributed by atoms with Gasteiger partial charge >= 0.3 is 0 Å². The summed E-state index contributed by atoms with van der Waals surface area (Å²) in [6.45, 7) is 0. The van der Waals surface area contributed by atoms with Crippen LogP contribution < -0.4 is 0 Å². The molecule has 0 bridgehead atoms. The third-order valence-electron chi connectivity index (χ3n) is 3.66. The Bertz CT molecular complexity index is 257. The van der Waals surface area contributed by atoms with Gasteiger partial charge in [0.25, 0.3) is 0 Å². The predicted molar refractivity (Wildman–Crippen MR) is 54.9 cm³/mol. The summed E-state index contributed by atoms with van der Waals surface area (Å²) in [4.78, 5) is 0.0630. The maximum absolute atomic E-state index is 9.55. The lowest BCUT2D eigenvalue weighted by molar-refractivity contribution is 0.143. The van der Waals surface area contributed by atoms with Crippen molar-refractivity contribution in [3.63, 3.8) is 0 Å². The molecule has 2 saturated carbocycles. The molecule has 1 unspecified atom stereocenters. The van der Waals surface area contributed by atoms with E-state index in [4.69, 9.17) is 16.9 Å². The van der Waals surface area contributed by atoms with E-state index in [-0.39, 0.29) is 10.8 Å². The maximum Gasteiger partial charge on any atom is 0.0750 e. The summed E-state index contributed by atoms with van der Waals surface area (Å²) in [6, 6.07) is 2.23. The molecule has 0 aliphatic heterocycles.